The molecule has 96 valence electrons. The molecule has 0 bridgehead atoms. The highest BCUT2D eigenvalue weighted by Gasteiger charge is 2.40. The normalized spacial score (nSPS) is 24.1. The summed E-state index contributed by atoms with van der Waals surface area (Å²) in [5, 5.41) is 0. The van der Waals surface area contributed by atoms with Gasteiger partial charge in [-0.05, 0) is 30.6 Å². The zero-order valence-corrected chi connectivity index (χ0v) is 11.0. The van der Waals surface area contributed by atoms with Crippen molar-refractivity contribution in [1.29, 1.82) is 0 Å². The average molecular weight is 237 g/mol. The molecule has 17 heavy (non-hydrogen) atoms. The minimum atomic E-state index is -0.236. The molecule has 2 aliphatic rings. The summed E-state index contributed by atoms with van der Waals surface area (Å²) in [5.74, 6) is 0.240. The lowest BCUT2D eigenvalue weighted by atomic mass is 9.78. The molecular formula is C14H23NO2. The van der Waals surface area contributed by atoms with E-state index in [-0.39, 0.29) is 11.7 Å². The summed E-state index contributed by atoms with van der Waals surface area (Å²) in [6.45, 7) is 5.96. The van der Waals surface area contributed by atoms with E-state index < -0.39 is 0 Å². The van der Waals surface area contributed by atoms with Gasteiger partial charge in [0.2, 0.25) is 5.78 Å². The molecule has 0 N–H and O–H groups in total. The van der Waals surface area contributed by atoms with Crippen LogP contribution in [0.15, 0.2) is 0 Å². The number of Topliss-reactive ketones (excluding diaryl/α,β-unsaturated/α-hetero) is 1. The quantitative estimate of drug-likeness (QED) is 0.704. The third-order valence-corrected chi connectivity index (χ3v) is 4.17. The van der Waals surface area contributed by atoms with Crippen LogP contribution in [-0.2, 0) is 9.59 Å². The second-order valence-corrected chi connectivity index (χ2v) is 6.20. The molecule has 1 aliphatic carbocycles. The van der Waals surface area contributed by atoms with E-state index in [0.717, 1.165) is 6.54 Å². The Balaban J connectivity index is 2.03. The largest absolute Gasteiger partial charge is 0.335 e. The van der Waals surface area contributed by atoms with Crippen molar-refractivity contribution < 1.29 is 9.59 Å². The van der Waals surface area contributed by atoms with Gasteiger partial charge in [-0.2, -0.15) is 0 Å². The topological polar surface area (TPSA) is 37.4 Å². The minimum absolute atomic E-state index is 0.192. The standard InChI is InChI=1S/C14H23NO2/c1-11(2)9-14(6-3-4-7-14)10-15-8-5-12(16)13(15)17/h11H,3-10H2,1-2H3. The van der Waals surface area contributed by atoms with E-state index in [4.69, 9.17) is 0 Å². The highest BCUT2D eigenvalue weighted by molar-refractivity contribution is 6.37. The van der Waals surface area contributed by atoms with E-state index in [0.29, 0.717) is 24.3 Å². The first-order valence-electron chi connectivity index (χ1n) is 6.85. The molecule has 0 spiro atoms. The Kier molecular flexibility index (Phi) is 3.55. The Morgan fingerprint density at radius 1 is 1.24 bits per heavy atom. The predicted octanol–water partition coefficient (Wildman–Crippen LogP) is 2.39. The Hall–Kier alpha value is -0.860. The van der Waals surface area contributed by atoms with Crippen LogP contribution >= 0.6 is 0 Å². The zero-order chi connectivity index (χ0) is 12.5. The van der Waals surface area contributed by atoms with Crippen LogP contribution in [0.25, 0.3) is 0 Å². The number of hydrogen-bond donors (Lipinski definition) is 0. The van der Waals surface area contributed by atoms with Crippen LogP contribution in [0.3, 0.4) is 0 Å². The first-order valence-corrected chi connectivity index (χ1v) is 6.85. The molecule has 0 aromatic rings. The van der Waals surface area contributed by atoms with Crippen molar-refractivity contribution in [2.24, 2.45) is 11.3 Å². The van der Waals surface area contributed by atoms with Gasteiger partial charge in [-0.3, -0.25) is 9.59 Å². The fraction of sp³-hybridized carbons (Fsp3) is 0.857. The molecule has 1 heterocycles. The number of carbonyl (C=O) groups excluding carboxylic acids is 2. The molecule has 0 aromatic heterocycles. The summed E-state index contributed by atoms with van der Waals surface area (Å²) in [7, 11) is 0. The van der Waals surface area contributed by atoms with E-state index in [1.807, 2.05) is 0 Å². The first-order chi connectivity index (χ1) is 8.02. The molecule has 2 rings (SSSR count). The molecule has 1 saturated carbocycles. The summed E-state index contributed by atoms with van der Waals surface area (Å²) >= 11 is 0. The third-order valence-electron chi connectivity index (χ3n) is 4.17. The van der Waals surface area contributed by atoms with E-state index in [9.17, 15) is 9.59 Å². The lowest BCUT2D eigenvalue weighted by molar-refractivity contribution is -0.140. The van der Waals surface area contributed by atoms with Gasteiger partial charge in [0, 0.05) is 19.5 Å². The van der Waals surface area contributed by atoms with Gasteiger partial charge in [0.1, 0.15) is 0 Å². The molecule has 1 amide bonds. The molecule has 3 heteroatoms. The maximum atomic E-state index is 11.7. The molecule has 0 atom stereocenters. The van der Waals surface area contributed by atoms with Crippen LogP contribution < -0.4 is 0 Å². The van der Waals surface area contributed by atoms with Crippen LogP contribution in [0.2, 0.25) is 0 Å². The predicted molar refractivity (Wildman–Crippen MR) is 66.6 cm³/mol. The molecule has 0 radical (unpaired) electrons. The molecule has 0 unspecified atom stereocenters. The van der Waals surface area contributed by atoms with Gasteiger partial charge in [-0.15, -0.1) is 0 Å². The van der Waals surface area contributed by atoms with Crippen LogP contribution in [0.5, 0.6) is 0 Å². The monoisotopic (exact) mass is 237 g/mol. The van der Waals surface area contributed by atoms with E-state index >= 15 is 0 Å². The van der Waals surface area contributed by atoms with Crippen molar-refractivity contribution in [1.82, 2.24) is 4.90 Å². The SMILES string of the molecule is CC(C)CC1(CN2CCC(=O)C2=O)CCCC1. The second kappa shape index (κ2) is 4.79. The maximum absolute atomic E-state index is 11.7. The van der Waals surface area contributed by atoms with Gasteiger partial charge in [0.05, 0.1) is 0 Å². The van der Waals surface area contributed by atoms with E-state index in [2.05, 4.69) is 13.8 Å². The van der Waals surface area contributed by atoms with Crippen LogP contribution in [-0.4, -0.2) is 29.7 Å². The molecule has 2 fully saturated rings. The van der Waals surface area contributed by atoms with Gasteiger partial charge in [0.15, 0.2) is 0 Å². The molecule has 1 aliphatic heterocycles. The molecule has 0 aromatic carbocycles. The highest BCUT2D eigenvalue weighted by Crippen LogP contribution is 2.44. The second-order valence-electron chi connectivity index (χ2n) is 6.20. The summed E-state index contributed by atoms with van der Waals surface area (Å²) in [6.07, 6.45) is 6.62. The van der Waals surface area contributed by atoms with Gasteiger partial charge in [-0.1, -0.05) is 26.7 Å². The summed E-state index contributed by atoms with van der Waals surface area (Å²) in [4.78, 5) is 24.8. The van der Waals surface area contributed by atoms with Gasteiger partial charge >= 0.3 is 0 Å². The Labute approximate surface area is 104 Å². The lowest BCUT2D eigenvalue weighted by Crippen LogP contribution is -2.38. The van der Waals surface area contributed by atoms with Gasteiger partial charge in [0.25, 0.3) is 5.91 Å². The highest BCUT2D eigenvalue weighted by atomic mass is 16.2. The number of nitrogens with zero attached hydrogens (tertiary/aromatic N) is 1. The van der Waals surface area contributed by atoms with Gasteiger partial charge < -0.3 is 4.90 Å². The van der Waals surface area contributed by atoms with Crippen molar-refractivity contribution in [3.63, 3.8) is 0 Å². The first kappa shape index (κ1) is 12.6. The number of ketones is 1. The molecule has 3 nitrogen and oxygen atoms in total. The van der Waals surface area contributed by atoms with Crippen LogP contribution in [0.4, 0.5) is 0 Å². The third kappa shape index (κ3) is 2.70. The molecular weight excluding hydrogens is 214 g/mol. The van der Waals surface area contributed by atoms with E-state index in [1.165, 1.54) is 32.1 Å². The van der Waals surface area contributed by atoms with Crippen molar-refractivity contribution >= 4 is 11.7 Å². The van der Waals surface area contributed by atoms with Gasteiger partial charge in [-0.25, -0.2) is 0 Å². The van der Waals surface area contributed by atoms with Crippen molar-refractivity contribution in [3.8, 4) is 0 Å². The number of hydrogen-bond acceptors (Lipinski definition) is 2. The number of rotatable bonds is 4. The fourth-order valence-electron chi connectivity index (χ4n) is 3.59. The lowest BCUT2D eigenvalue weighted by Gasteiger charge is -2.34. The van der Waals surface area contributed by atoms with Crippen molar-refractivity contribution in [3.05, 3.63) is 0 Å². The number of amides is 1. The Morgan fingerprint density at radius 2 is 1.88 bits per heavy atom. The minimum Gasteiger partial charge on any atom is -0.335 e. The Morgan fingerprint density at radius 3 is 2.35 bits per heavy atom. The van der Waals surface area contributed by atoms with Crippen molar-refractivity contribution in [2.75, 3.05) is 13.1 Å². The maximum Gasteiger partial charge on any atom is 0.290 e. The van der Waals surface area contributed by atoms with Crippen LogP contribution in [0.1, 0.15) is 52.4 Å². The average Bonchev–Trinajstić information content (AvgIpc) is 2.80. The van der Waals surface area contributed by atoms with E-state index in [1.54, 1.807) is 4.90 Å². The van der Waals surface area contributed by atoms with Crippen molar-refractivity contribution in [2.45, 2.75) is 52.4 Å². The molecule has 1 saturated heterocycles. The number of likely N-dealkylation sites (tertiary alicyclic amines) is 1. The summed E-state index contributed by atoms with van der Waals surface area (Å²) in [6, 6.07) is 0. The smallest absolute Gasteiger partial charge is 0.290 e. The number of carbonyl (C=O) groups is 2. The summed E-state index contributed by atoms with van der Waals surface area (Å²) < 4.78 is 0. The fourth-order valence-corrected chi connectivity index (χ4v) is 3.59. The van der Waals surface area contributed by atoms with Crippen LogP contribution in [0, 0.1) is 11.3 Å². The zero-order valence-electron chi connectivity index (χ0n) is 11.0. The Bertz CT molecular complexity index is 316. The summed E-state index contributed by atoms with van der Waals surface area (Å²) in [5.41, 5.74) is 0.300.